The minimum Gasteiger partial charge on any atom is -0.353 e. The average molecular weight is 420 g/mol. The topological polar surface area (TPSA) is 87.5 Å². The molecule has 2 amide bonds. The number of aryl methyl sites for hydroxylation is 2. The zero-order valence-corrected chi connectivity index (χ0v) is 18.3. The Hall–Kier alpha value is -2.26. The molecule has 0 bridgehead atoms. The van der Waals surface area contributed by atoms with Gasteiger partial charge in [-0.05, 0) is 32.8 Å². The zero-order chi connectivity index (χ0) is 21.1. The maximum absolute atomic E-state index is 12.8. The van der Waals surface area contributed by atoms with Gasteiger partial charge in [-0.3, -0.25) is 23.9 Å². The van der Waals surface area contributed by atoms with Crippen LogP contribution in [0.25, 0.3) is 10.2 Å². The van der Waals surface area contributed by atoms with Crippen molar-refractivity contribution in [2.24, 2.45) is 0 Å². The molecule has 0 saturated carbocycles. The summed E-state index contributed by atoms with van der Waals surface area (Å²) in [5.74, 6) is -0.0759. The molecule has 3 rings (SSSR count). The first-order valence-corrected chi connectivity index (χ1v) is 10.9. The van der Waals surface area contributed by atoms with E-state index in [1.807, 2.05) is 27.7 Å². The Balaban J connectivity index is 1.57. The van der Waals surface area contributed by atoms with Gasteiger partial charge >= 0.3 is 0 Å². The lowest BCUT2D eigenvalue weighted by Gasteiger charge is -2.34. The fraction of sp³-hybridized carbons (Fsp3) is 0.600. The highest BCUT2D eigenvalue weighted by Gasteiger charge is 2.23. The third-order valence-electron chi connectivity index (χ3n) is 5.57. The maximum atomic E-state index is 12.8. The number of piperazine rings is 1. The van der Waals surface area contributed by atoms with Crippen molar-refractivity contribution in [2.75, 3.05) is 32.7 Å². The molecule has 1 unspecified atom stereocenters. The summed E-state index contributed by atoms with van der Waals surface area (Å²) in [6.07, 6.45) is 2.37. The van der Waals surface area contributed by atoms with E-state index in [2.05, 4.69) is 15.2 Å². The lowest BCUT2D eigenvalue weighted by Crippen LogP contribution is -2.52. The molecule has 3 heterocycles. The van der Waals surface area contributed by atoms with E-state index >= 15 is 0 Å². The minimum atomic E-state index is -0.162. The van der Waals surface area contributed by atoms with Crippen LogP contribution in [0.1, 0.15) is 30.7 Å². The molecule has 1 atom stereocenters. The Morgan fingerprint density at radius 1 is 1.21 bits per heavy atom. The number of fused-ring (bicyclic) bond motifs is 1. The predicted molar refractivity (Wildman–Crippen MR) is 114 cm³/mol. The second-order valence-electron chi connectivity index (χ2n) is 7.67. The van der Waals surface area contributed by atoms with Crippen molar-refractivity contribution >= 4 is 33.4 Å². The Kier molecular flexibility index (Phi) is 6.69. The van der Waals surface area contributed by atoms with E-state index in [0.29, 0.717) is 38.1 Å². The number of nitrogens with one attached hydrogen (secondary N) is 1. The Morgan fingerprint density at radius 3 is 2.55 bits per heavy atom. The summed E-state index contributed by atoms with van der Waals surface area (Å²) in [7, 11) is 0. The molecular weight excluding hydrogens is 390 g/mol. The predicted octanol–water partition coefficient (Wildman–Crippen LogP) is 1.13. The summed E-state index contributed by atoms with van der Waals surface area (Å²) in [6, 6.07) is 0.172. The van der Waals surface area contributed by atoms with Crippen LogP contribution in [0, 0.1) is 13.8 Å². The first-order valence-electron chi connectivity index (χ1n) is 10.0. The Bertz CT molecular complexity index is 959. The van der Waals surface area contributed by atoms with Gasteiger partial charge in [0.15, 0.2) is 0 Å². The van der Waals surface area contributed by atoms with Crippen molar-refractivity contribution in [3.05, 3.63) is 27.1 Å². The quantitative estimate of drug-likeness (QED) is 0.759. The Labute approximate surface area is 174 Å². The molecule has 1 fully saturated rings. The summed E-state index contributed by atoms with van der Waals surface area (Å²) < 4.78 is 1.40. The van der Waals surface area contributed by atoms with Gasteiger partial charge in [0.25, 0.3) is 5.56 Å². The minimum absolute atomic E-state index is 0.00932. The van der Waals surface area contributed by atoms with Gasteiger partial charge in [-0.15, -0.1) is 11.3 Å². The lowest BCUT2D eigenvalue weighted by molar-refractivity contribution is -0.134. The van der Waals surface area contributed by atoms with Crippen LogP contribution in [0.15, 0.2) is 11.1 Å². The van der Waals surface area contributed by atoms with Crippen LogP contribution in [-0.4, -0.2) is 69.9 Å². The number of rotatable bonds is 6. The van der Waals surface area contributed by atoms with Crippen LogP contribution in [0.3, 0.4) is 0 Å². The largest absolute Gasteiger partial charge is 0.353 e. The highest BCUT2D eigenvalue weighted by molar-refractivity contribution is 7.18. The smallest absolute Gasteiger partial charge is 0.262 e. The molecular formula is C20H29N5O3S. The molecule has 1 saturated heterocycles. The fourth-order valence-electron chi connectivity index (χ4n) is 3.41. The van der Waals surface area contributed by atoms with Crippen molar-refractivity contribution in [1.82, 2.24) is 24.7 Å². The highest BCUT2D eigenvalue weighted by atomic mass is 32.1. The fourth-order valence-corrected chi connectivity index (χ4v) is 4.40. The monoisotopic (exact) mass is 419 g/mol. The van der Waals surface area contributed by atoms with Gasteiger partial charge in [0.1, 0.15) is 11.4 Å². The van der Waals surface area contributed by atoms with Gasteiger partial charge in [0.2, 0.25) is 11.8 Å². The molecule has 0 aromatic carbocycles. The molecule has 0 radical (unpaired) electrons. The van der Waals surface area contributed by atoms with Crippen LogP contribution in [0.2, 0.25) is 0 Å². The van der Waals surface area contributed by atoms with Crippen molar-refractivity contribution in [1.29, 1.82) is 0 Å². The van der Waals surface area contributed by atoms with Gasteiger partial charge in [-0.25, -0.2) is 4.98 Å². The summed E-state index contributed by atoms with van der Waals surface area (Å²) in [4.78, 5) is 47.5. The number of hydrogen-bond acceptors (Lipinski definition) is 6. The standard InChI is InChI=1S/C20H29N5O3S/c1-5-13(2)22-16(26)10-23-6-8-24(9-7-23)17(27)11-25-12-21-19-18(20(25)28)14(3)15(4)29-19/h12-13H,5-11H2,1-4H3,(H,22,26). The molecule has 2 aromatic heterocycles. The molecule has 1 aliphatic rings. The van der Waals surface area contributed by atoms with Gasteiger partial charge in [-0.2, -0.15) is 0 Å². The Morgan fingerprint density at radius 2 is 1.90 bits per heavy atom. The number of thiophene rings is 1. The van der Waals surface area contributed by atoms with Gasteiger partial charge < -0.3 is 10.2 Å². The van der Waals surface area contributed by atoms with Crippen molar-refractivity contribution < 1.29 is 9.59 Å². The SMILES string of the molecule is CCC(C)NC(=O)CN1CCN(C(=O)Cn2cnc3sc(C)c(C)c3c2=O)CC1. The number of aromatic nitrogens is 2. The van der Waals surface area contributed by atoms with Crippen LogP contribution in [0.4, 0.5) is 0 Å². The molecule has 0 aliphatic carbocycles. The number of hydrogen-bond donors (Lipinski definition) is 1. The lowest BCUT2D eigenvalue weighted by atomic mass is 10.2. The molecule has 1 aliphatic heterocycles. The summed E-state index contributed by atoms with van der Waals surface area (Å²) in [5.41, 5.74) is 0.777. The summed E-state index contributed by atoms with van der Waals surface area (Å²) in [6.45, 7) is 10.7. The second-order valence-corrected chi connectivity index (χ2v) is 8.88. The van der Waals surface area contributed by atoms with E-state index in [0.717, 1.165) is 21.7 Å². The zero-order valence-electron chi connectivity index (χ0n) is 17.5. The first-order chi connectivity index (χ1) is 13.8. The van der Waals surface area contributed by atoms with E-state index in [9.17, 15) is 14.4 Å². The molecule has 8 nitrogen and oxygen atoms in total. The van der Waals surface area contributed by atoms with E-state index in [4.69, 9.17) is 0 Å². The van der Waals surface area contributed by atoms with Crippen molar-refractivity contribution in [3.63, 3.8) is 0 Å². The van der Waals surface area contributed by atoms with Crippen LogP contribution in [0.5, 0.6) is 0 Å². The van der Waals surface area contributed by atoms with Gasteiger partial charge in [0.05, 0.1) is 18.3 Å². The number of carbonyl (C=O) groups excluding carboxylic acids is 2. The normalized spacial score (nSPS) is 16.2. The van der Waals surface area contributed by atoms with E-state index < -0.39 is 0 Å². The van der Waals surface area contributed by atoms with Gasteiger partial charge in [-0.1, -0.05) is 6.92 Å². The van der Waals surface area contributed by atoms with Gasteiger partial charge in [0, 0.05) is 37.1 Å². The van der Waals surface area contributed by atoms with E-state index in [-0.39, 0.29) is 30.0 Å². The van der Waals surface area contributed by atoms with E-state index in [1.165, 1.54) is 22.2 Å². The molecule has 1 N–H and O–H groups in total. The first kappa shape index (κ1) is 21.4. The molecule has 29 heavy (non-hydrogen) atoms. The molecule has 0 spiro atoms. The van der Waals surface area contributed by atoms with Crippen molar-refractivity contribution in [3.8, 4) is 0 Å². The summed E-state index contributed by atoms with van der Waals surface area (Å²) >= 11 is 1.50. The third kappa shape index (κ3) is 4.84. The average Bonchev–Trinajstić information content (AvgIpc) is 2.98. The molecule has 158 valence electrons. The number of carbonyl (C=O) groups is 2. The highest BCUT2D eigenvalue weighted by Crippen LogP contribution is 2.25. The van der Waals surface area contributed by atoms with Crippen LogP contribution < -0.4 is 10.9 Å². The molecule has 9 heteroatoms. The third-order valence-corrected chi connectivity index (χ3v) is 6.69. The van der Waals surface area contributed by atoms with Crippen LogP contribution >= 0.6 is 11.3 Å². The number of nitrogens with zero attached hydrogens (tertiary/aromatic N) is 4. The number of amides is 2. The van der Waals surface area contributed by atoms with Crippen LogP contribution in [-0.2, 0) is 16.1 Å². The maximum Gasteiger partial charge on any atom is 0.262 e. The second kappa shape index (κ2) is 9.04. The summed E-state index contributed by atoms with van der Waals surface area (Å²) in [5, 5.41) is 3.58. The molecule has 2 aromatic rings. The van der Waals surface area contributed by atoms with Crippen molar-refractivity contribution in [2.45, 2.75) is 46.7 Å². The van der Waals surface area contributed by atoms with E-state index in [1.54, 1.807) is 4.90 Å².